The van der Waals surface area contributed by atoms with Crippen LogP contribution in [0.1, 0.15) is 24.3 Å². The Hall–Kier alpha value is -2.49. The maximum absolute atomic E-state index is 5.72. The highest BCUT2D eigenvalue weighted by Gasteiger charge is 2.20. The van der Waals surface area contributed by atoms with Crippen molar-refractivity contribution >= 4 is 22.7 Å². The Morgan fingerprint density at radius 2 is 1.82 bits per heavy atom. The number of nitrogen functional groups attached to an aromatic ring is 1. The van der Waals surface area contributed by atoms with Crippen molar-refractivity contribution in [3.8, 4) is 0 Å². The van der Waals surface area contributed by atoms with Gasteiger partial charge < -0.3 is 15.6 Å². The van der Waals surface area contributed by atoms with Crippen LogP contribution in [0.2, 0.25) is 0 Å². The summed E-state index contributed by atoms with van der Waals surface area (Å²) >= 11 is 0. The zero-order chi connectivity index (χ0) is 14.9. The summed E-state index contributed by atoms with van der Waals surface area (Å²) in [6.45, 7) is 2.18. The molecule has 112 valence electrons. The number of aromatic nitrogens is 2. The van der Waals surface area contributed by atoms with Gasteiger partial charge in [-0.3, -0.25) is 0 Å². The van der Waals surface area contributed by atoms with Crippen molar-refractivity contribution < 1.29 is 0 Å². The van der Waals surface area contributed by atoms with Gasteiger partial charge in [0.2, 0.25) is 0 Å². The third-order valence-corrected chi connectivity index (χ3v) is 4.61. The molecule has 0 radical (unpaired) electrons. The molecule has 0 spiro atoms. The van der Waals surface area contributed by atoms with Crippen molar-refractivity contribution in [2.45, 2.75) is 18.8 Å². The fourth-order valence-electron chi connectivity index (χ4n) is 3.41. The van der Waals surface area contributed by atoms with Gasteiger partial charge in [-0.1, -0.05) is 30.3 Å². The maximum Gasteiger partial charge on any atom is 0.198 e. The lowest BCUT2D eigenvalue weighted by atomic mass is 9.89. The average Bonchev–Trinajstić information content (AvgIpc) is 2.95. The van der Waals surface area contributed by atoms with Crippen LogP contribution < -0.4 is 10.6 Å². The molecule has 0 aliphatic carbocycles. The molecule has 22 heavy (non-hydrogen) atoms. The third kappa shape index (κ3) is 2.41. The SMILES string of the molecule is Nc1nc2ccc(N3CCC(c4ccccc4)CC3)cc2[nH]1. The van der Waals surface area contributed by atoms with Crippen molar-refractivity contribution in [1.29, 1.82) is 0 Å². The van der Waals surface area contributed by atoms with E-state index in [-0.39, 0.29) is 0 Å². The number of hydrogen-bond donors (Lipinski definition) is 2. The molecule has 0 bridgehead atoms. The van der Waals surface area contributed by atoms with Crippen molar-refractivity contribution in [1.82, 2.24) is 9.97 Å². The third-order valence-electron chi connectivity index (χ3n) is 4.61. The number of piperidine rings is 1. The predicted molar refractivity (Wildman–Crippen MR) is 91.1 cm³/mol. The van der Waals surface area contributed by atoms with Crippen molar-refractivity contribution in [2.24, 2.45) is 0 Å². The van der Waals surface area contributed by atoms with Crippen LogP contribution in [0.4, 0.5) is 11.6 Å². The number of imidazole rings is 1. The minimum atomic E-state index is 0.481. The van der Waals surface area contributed by atoms with Crippen LogP contribution in [0, 0.1) is 0 Å². The van der Waals surface area contributed by atoms with E-state index in [1.54, 1.807) is 0 Å². The normalized spacial score (nSPS) is 16.3. The summed E-state index contributed by atoms with van der Waals surface area (Å²) in [5.74, 6) is 1.17. The average molecular weight is 292 g/mol. The molecule has 2 heterocycles. The molecular formula is C18H20N4. The van der Waals surface area contributed by atoms with Gasteiger partial charge in [-0.05, 0) is 42.5 Å². The highest BCUT2D eigenvalue weighted by molar-refractivity contribution is 5.81. The lowest BCUT2D eigenvalue weighted by Crippen LogP contribution is -2.32. The minimum Gasteiger partial charge on any atom is -0.371 e. The summed E-state index contributed by atoms with van der Waals surface area (Å²) in [7, 11) is 0. The molecule has 1 aliphatic rings. The predicted octanol–water partition coefficient (Wildman–Crippen LogP) is 3.53. The van der Waals surface area contributed by atoms with Crippen LogP contribution in [-0.2, 0) is 0 Å². The molecule has 0 atom stereocenters. The topological polar surface area (TPSA) is 57.9 Å². The Morgan fingerprint density at radius 1 is 1.05 bits per heavy atom. The summed E-state index contributed by atoms with van der Waals surface area (Å²) in [5.41, 5.74) is 10.4. The molecule has 0 unspecified atom stereocenters. The van der Waals surface area contributed by atoms with Crippen LogP contribution in [0.5, 0.6) is 0 Å². The number of H-pyrrole nitrogens is 1. The van der Waals surface area contributed by atoms with E-state index in [1.165, 1.54) is 24.1 Å². The second kappa shape index (κ2) is 5.37. The molecule has 4 nitrogen and oxygen atoms in total. The molecule has 1 aromatic heterocycles. The van der Waals surface area contributed by atoms with E-state index >= 15 is 0 Å². The minimum absolute atomic E-state index is 0.481. The highest BCUT2D eigenvalue weighted by Crippen LogP contribution is 2.31. The zero-order valence-electron chi connectivity index (χ0n) is 12.5. The number of fused-ring (bicyclic) bond motifs is 1. The Labute approximate surface area is 130 Å². The molecule has 3 aromatic rings. The second-order valence-corrected chi connectivity index (χ2v) is 6.00. The number of hydrogen-bond acceptors (Lipinski definition) is 3. The quantitative estimate of drug-likeness (QED) is 0.759. The number of nitrogens with zero attached hydrogens (tertiary/aromatic N) is 2. The largest absolute Gasteiger partial charge is 0.371 e. The molecular weight excluding hydrogens is 272 g/mol. The van der Waals surface area contributed by atoms with Crippen LogP contribution in [-0.4, -0.2) is 23.1 Å². The van der Waals surface area contributed by atoms with E-state index in [4.69, 9.17) is 5.73 Å². The standard InChI is InChI=1S/C18H20N4/c19-18-20-16-7-6-15(12-17(16)21-18)22-10-8-14(9-11-22)13-4-2-1-3-5-13/h1-7,12,14H,8-11H2,(H3,19,20,21). The van der Waals surface area contributed by atoms with Gasteiger partial charge >= 0.3 is 0 Å². The monoisotopic (exact) mass is 292 g/mol. The first-order chi connectivity index (χ1) is 10.8. The molecule has 0 amide bonds. The van der Waals surface area contributed by atoms with Crippen LogP contribution in [0.15, 0.2) is 48.5 Å². The van der Waals surface area contributed by atoms with Gasteiger partial charge in [-0.15, -0.1) is 0 Å². The van der Waals surface area contributed by atoms with Gasteiger partial charge in [0, 0.05) is 18.8 Å². The molecule has 3 N–H and O–H groups in total. The smallest absolute Gasteiger partial charge is 0.198 e. The lowest BCUT2D eigenvalue weighted by molar-refractivity contribution is 0.505. The fraction of sp³-hybridized carbons (Fsp3) is 0.278. The highest BCUT2D eigenvalue weighted by atomic mass is 15.1. The summed E-state index contributed by atoms with van der Waals surface area (Å²) in [6.07, 6.45) is 2.40. The lowest BCUT2D eigenvalue weighted by Gasteiger charge is -2.33. The molecule has 1 aliphatic heterocycles. The summed E-state index contributed by atoms with van der Waals surface area (Å²) in [6, 6.07) is 17.2. The summed E-state index contributed by atoms with van der Waals surface area (Å²) in [5, 5.41) is 0. The Kier molecular flexibility index (Phi) is 3.22. The molecule has 1 saturated heterocycles. The van der Waals surface area contributed by atoms with Crippen LogP contribution in [0.25, 0.3) is 11.0 Å². The van der Waals surface area contributed by atoms with Gasteiger partial charge in [0.05, 0.1) is 11.0 Å². The second-order valence-electron chi connectivity index (χ2n) is 6.00. The first kappa shape index (κ1) is 13.2. The first-order valence-corrected chi connectivity index (χ1v) is 7.85. The Bertz CT molecular complexity index is 770. The first-order valence-electron chi connectivity index (χ1n) is 7.85. The van der Waals surface area contributed by atoms with E-state index in [1.807, 2.05) is 6.07 Å². The number of nitrogens with one attached hydrogen (secondary N) is 1. The Morgan fingerprint density at radius 3 is 2.59 bits per heavy atom. The number of anilines is 2. The number of rotatable bonds is 2. The summed E-state index contributed by atoms with van der Waals surface area (Å²) < 4.78 is 0. The molecule has 2 aromatic carbocycles. The van der Waals surface area contributed by atoms with Crippen LogP contribution >= 0.6 is 0 Å². The molecule has 0 saturated carbocycles. The van der Waals surface area contributed by atoms with E-state index < -0.39 is 0 Å². The van der Waals surface area contributed by atoms with Gasteiger partial charge in [-0.2, -0.15) is 0 Å². The van der Waals surface area contributed by atoms with Crippen LogP contribution in [0.3, 0.4) is 0 Å². The van der Waals surface area contributed by atoms with E-state index in [9.17, 15) is 0 Å². The number of aromatic amines is 1. The maximum atomic E-state index is 5.72. The number of nitrogens with two attached hydrogens (primary N) is 1. The summed E-state index contributed by atoms with van der Waals surface area (Å²) in [4.78, 5) is 9.82. The van der Waals surface area contributed by atoms with E-state index in [2.05, 4.69) is 57.3 Å². The van der Waals surface area contributed by atoms with E-state index in [0.29, 0.717) is 11.9 Å². The molecule has 1 fully saturated rings. The van der Waals surface area contributed by atoms with Gasteiger partial charge in [0.25, 0.3) is 0 Å². The van der Waals surface area contributed by atoms with Gasteiger partial charge in [0.15, 0.2) is 5.95 Å². The number of benzene rings is 2. The fourth-order valence-corrected chi connectivity index (χ4v) is 3.41. The van der Waals surface area contributed by atoms with Crippen molar-refractivity contribution in [3.05, 3.63) is 54.1 Å². The Balaban J connectivity index is 1.50. The zero-order valence-corrected chi connectivity index (χ0v) is 12.5. The van der Waals surface area contributed by atoms with Crippen molar-refractivity contribution in [2.75, 3.05) is 23.7 Å². The van der Waals surface area contributed by atoms with E-state index in [0.717, 1.165) is 24.1 Å². The van der Waals surface area contributed by atoms with Gasteiger partial charge in [-0.25, -0.2) is 4.98 Å². The molecule has 4 heteroatoms. The van der Waals surface area contributed by atoms with Crippen molar-refractivity contribution in [3.63, 3.8) is 0 Å². The van der Waals surface area contributed by atoms with Gasteiger partial charge in [0.1, 0.15) is 0 Å². The molecule has 4 rings (SSSR count).